The Morgan fingerprint density at radius 2 is 2.21 bits per heavy atom. The Labute approximate surface area is 103 Å². The molecular weight excluding hydrogens is 269 g/mol. The summed E-state index contributed by atoms with van der Waals surface area (Å²) in [5.41, 5.74) is -1.48. The summed E-state index contributed by atoms with van der Waals surface area (Å²) in [5, 5.41) is 1.74. The predicted molar refractivity (Wildman–Crippen MR) is 54.6 cm³/mol. The summed E-state index contributed by atoms with van der Waals surface area (Å²) in [6, 6.07) is 0. The van der Waals surface area contributed by atoms with E-state index in [2.05, 4.69) is 14.7 Å². The van der Waals surface area contributed by atoms with Crippen molar-refractivity contribution in [3.63, 3.8) is 0 Å². The molecule has 0 radical (unpaired) electrons. The molecule has 102 valence electrons. The summed E-state index contributed by atoms with van der Waals surface area (Å²) >= 11 is 0. The lowest BCUT2D eigenvalue weighted by molar-refractivity contribution is -0.144. The van der Waals surface area contributed by atoms with Crippen molar-refractivity contribution in [3.05, 3.63) is 27.9 Å². The molecule has 0 spiro atoms. The third kappa shape index (κ3) is 2.28. The SMILES string of the molecule is CCOC(=O)c1cnc2nc(C(F)(F)F)[nH]n2c1=O. The van der Waals surface area contributed by atoms with Crippen molar-refractivity contribution in [3.8, 4) is 0 Å². The maximum absolute atomic E-state index is 12.4. The molecule has 0 amide bonds. The number of halogens is 3. The van der Waals surface area contributed by atoms with Crippen molar-refractivity contribution in [1.82, 2.24) is 19.6 Å². The van der Waals surface area contributed by atoms with Crippen LogP contribution in [0.5, 0.6) is 0 Å². The highest BCUT2D eigenvalue weighted by Crippen LogP contribution is 2.25. The van der Waals surface area contributed by atoms with Crippen LogP contribution in [0.15, 0.2) is 11.0 Å². The number of nitrogens with zero attached hydrogens (tertiary/aromatic N) is 3. The number of esters is 1. The smallest absolute Gasteiger partial charge is 0.451 e. The van der Waals surface area contributed by atoms with Gasteiger partial charge < -0.3 is 4.74 Å². The van der Waals surface area contributed by atoms with E-state index in [1.54, 1.807) is 5.10 Å². The minimum absolute atomic E-state index is 0.0256. The van der Waals surface area contributed by atoms with E-state index in [4.69, 9.17) is 0 Å². The second-order valence-electron chi connectivity index (χ2n) is 3.40. The van der Waals surface area contributed by atoms with Crippen LogP contribution in [0.25, 0.3) is 5.78 Å². The van der Waals surface area contributed by atoms with Gasteiger partial charge in [0.1, 0.15) is 5.56 Å². The molecule has 0 fully saturated rings. The number of alkyl halides is 3. The fourth-order valence-corrected chi connectivity index (χ4v) is 1.33. The second kappa shape index (κ2) is 4.37. The van der Waals surface area contributed by atoms with Crippen molar-refractivity contribution in [2.24, 2.45) is 0 Å². The van der Waals surface area contributed by atoms with Crippen molar-refractivity contribution >= 4 is 11.7 Å². The van der Waals surface area contributed by atoms with Crippen LogP contribution >= 0.6 is 0 Å². The molecule has 10 heteroatoms. The van der Waals surface area contributed by atoms with Crippen molar-refractivity contribution < 1.29 is 22.7 Å². The standard InChI is InChI=1S/C9H7F3N4O3/c1-2-19-6(18)4-3-13-8-14-7(9(10,11)12)15-16(8)5(4)17/h3H,2H2,1H3,(H,13,14,15). The van der Waals surface area contributed by atoms with Gasteiger partial charge in [-0.15, -0.1) is 0 Å². The van der Waals surface area contributed by atoms with Crippen LogP contribution in [0.2, 0.25) is 0 Å². The Bertz CT molecular complexity index is 688. The summed E-state index contributed by atoms with van der Waals surface area (Å²) in [4.78, 5) is 29.8. The first-order valence-corrected chi connectivity index (χ1v) is 5.06. The Morgan fingerprint density at radius 1 is 1.53 bits per heavy atom. The molecular formula is C9H7F3N4O3. The van der Waals surface area contributed by atoms with Crippen LogP contribution in [0.3, 0.4) is 0 Å². The van der Waals surface area contributed by atoms with Crippen LogP contribution in [0.1, 0.15) is 23.1 Å². The number of ether oxygens (including phenoxy) is 1. The monoisotopic (exact) mass is 276 g/mol. The van der Waals surface area contributed by atoms with Crippen LogP contribution in [0.4, 0.5) is 13.2 Å². The van der Waals surface area contributed by atoms with Gasteiger partial charge in [-0.05, 0) is 6.92 Å². The number of rotatable bonds is 2. The van der Waals surface area contributed by atoms with E-state index in [1.165, 1.54) is 6.92 Å². The molecule has 19 heavy (non-hydrogen) atoms. The molecule has 2 aromatic heterocycles. The summed E-state index contributed by atoms with van der Waals surface area (Å²) in [5.74, 6) is -2.82. The lowest BCUT2D eigenvalue weighted by atomic mass is 10.3. The summed E-state index contributed by atoms with van der Waals surface area (Å²) in [6.07, 6.45) is -3.92. The van der Waals surface area contributed by atoms with Crippen LogP contribution in [-0.4, -0.2) is 32.2 Å². The van der Waals surface area contributed by atoms with Gasteiger partial charge in [0, 0.05) is 0 Å². The molecule has 0 saturated heterocycles. The average molecular weight is 276 g/mol. The maximum Gasteiger partial charge on any atom is 0.451 e. The highest BCUT2D eigenvalue weighted by atomic mass is 19.4. The zero-order valence-electron chi connectivity index (χ0n) is 9.48. The first-order chi connectivity index (χ1) is 8.84. The van der Waals surface area contributed by atoms with Gasteiger partial charge in [-0.2, -0.15) is 22.7 Å². The van der Waals surface area contributed by atoms with Gasteiger partial charge in [0.2, 0.25) is 5.82 Å². The van der Waals surface area contributed by atoms with Gasteiger partial charge in [-0.3, -0.25) is 9.89 Å². The number of nitrogens with one attached hydrogen (secondary N) is 1. The number of aromatic amines is 1. The number of fused-ring (bicyclic) bond motifs is 1. The van der Waals surface area contributed by atoms with E-state index in [0.717, 1.165) is 6.20 Å². The first kappa shape index (κ1) is 13.1. The highest BCUT2D eigenvalue weighted by molar-refractivity contribution is 5.88. The van der Waals surface area contributed by atoms with E-state index >= 15 is 0 Å². The van der Waals surface area contributed by atoms with Gasteiger partial charge in [-0.25, -0.2) is 9.78 Å². The molecule has 0 saturated carbocycles. The molecule has 2 rings (SSSR count). The number of carbonyl (C=O) groups excluding carboxylic acids is 1. The highest BCUT2D eigenvalue weighted by Gasteiger charge is 2.35. The Balaban J connectivity index is 2.59. The predicted octanol–water partition coefficient (Wildman–Crippen LogP) is 0.613. The van der Waals surface area contributed by atoms with E-state index < -0.39 is 34.9 Å². The van der Waals surface area contributed by atoms with Gasteiger partial charge in [0.25, 0.3) is 11.3 Å². The van der Waals surface area contributed by atoms with E-state index in [0.29, 0.717) is 4.52 Å². The zero-order valence-corrected chi connectivity index (χ0v) is 9.48. The molecule has 0 aliphatic rings. The van der Waals surface area contributed by atoms with Gasteiger partial charge in [0.15, 0.2) is 0 Å². The largest absolute Gasteiger partial charge is 0.462 e. The number of hydrogen-bond acceptors (Lipinski definition) is 5. The molecule has 2 aromatic rings. The van der Waals surface area contributed by atoms with E-state index in [9.17, 15) is 22.8 Å². The fraction of sp³-hybridized carbons (Fsp3) is 0.333. The average Bonchev–Trinajstić information content (AvgIpc) is 2.74. The molecule has 0 unspecified atom stereocenters. The number of aromatic nitrogens is 4. The number of H-pyrrole nitrogens is 1. The van der Waals surface area contributed by atoms with Crippen molar-refractivity contribution in [1.29, 1.82) is 0 Å². The zero-order chi connectivity index (χ0) is 14.2. The molecule has 0 aromatic carbocycles. The molecule has 0 aliphatic heterocycles. The number of carbonyl (C=O) groups is 1. The van der Waals surface area contributed by atoms with Crippen LogP contribution in [0, 0.1) is 0 Å². The Morgan fingerprint density at radius 3 is 2.79 bits per heavy atom. The summed E-state index contributed by atoms with van der Waals surface area (Å²) in [6.45, 7) is 1.55. The maximum atomic E-state index is 12.4. The van der Waals surface area contributed by atoms with E-state index in [-0.39, 0.29) is 6.61 Å². The van der Waals surface area contributed by atoms with Gasteiger partial charge in [-0.1, -0.05) is 0 Å². The topological polar surface area (TPSA) is 89.3 Å². The summed E-state index contributed by atoms with van der Waals surface area (Å²) in [7, 11) is 0. The minimum Gasteiger partial charge on any atom is -0.462 e. The van der Waals surface area contributed by atoms with Crippen LogP contribution < -0.4 is 5.56 Å². The van der Waals surface area contributed by atoms with E-state index in [1.807, 2.05) is 0 Å². The van der Waals surface area contributed by atoms with Crippen LogP contribution in [-0.2, 0) is 10.9 Å². The molecule has 0 atom stereocenters. The third-order valence-corrected chi connectivity index (χ3v) is 2.14. The number of hydrogen-bond donors (Lipinski definition) is 1. The second-order valence-corrected chi connectivity index (χ2v) is 3.40. The quantitative estimate of drug-likeness (QED) is 0.812. The summed E-state index contributed by atoms with van der Waals surface area (Å²) < 4.78 is 42.2. The Kier molecular flexibility index (Phi) is 3.00. The lowest BCUT2D eigenvalue weighted by Gasteiger charge is -2.00. The third-order valence-electron chi connectivity index (χ3n) is 2.14. The molecule has 0 bridgehead atoms. The normalized spacial score (nSPS) is 11.8. The lowest BCUT2D eigenvalue weighted by Crippen LogP contribution is -2.24. The van der Waals surface area contributed by atoms with Crippen molar-refractivity contribution in [2.45, 2.75) is 13.1 Å². The van der Waals surface area contributed by atoms with Gasteiger partial charge in [0.05, 0.1) is 12.8 Å². The molecule has 7 nitrogen and oxygen atoms in total. The minimum atomic E-state index is -4.75. The van der Waals surface area contributed by atoms with Gasteiger partial charge >= 0.3 is 12.1 Å². The molecule has 0 aliphatic carbocycles. The Hall–Kier alpha value is -2.39. The first-order valence-electron chi connectivity index (χ1n) is 5.06. The fourth-order valence-electron chi connectivity index (χ4n) is 1.33. The van der Waals surface area contributed by atoms with Crippen molar-refractivity contribution in [2.75, 3.05) is 6.61 Å². The molecule has 2 heterocycles. The molecule has 1 N–H and O–H groups in total.